The van der Waals surface area contributed by atoms with Gasteiger partial charge in [-0.2, -0.15) is 4.72 Å². The third kappa shape index (κ3) is 5.66. The van der Waals surface area contributed by atoms with Gasteiger partial charge in [0.15, 0.2) is 0 Å². The molecule has 0 aliphatic heterocycles. The number of nitrogens with zero attached hydrogens (tertiary/aromatic N) is 2. The van der Waals surface area contributed by atoms with E-state index in [-0.39, 0.29) is 17.2 Å². The molecule has 0 amide bonds. The number of thiazole rings is 1. The Morgan fingerprint density at radius 3 is 2.59 bits per heavy atom. The summed E-state index contributed by atoms with van der Waals surface area (Å²) in [6.45, 7) is 1.26. The number of nitro groups is 1. The molecule has 0 bridgehead atoms. The van der Waals surface area contributed by atoms with Crippen LogP contribution in [0.5, 0.6) is 0 Å². The van der Waals surface area contributed by atoms with Crippen LogP contribution in [0.3, 0.4) is 0 Å². The van der Waals surface area contributed by atoms with Crippen molar-refractivity contribution < 1.29 is 22.9 Å². The van der Waals surface area contributed by atoms with Crippen LogP contribution in [0.1, 0.15) is 11.3 Å². The quantitative estimate of drug-likeness (QED) is 0.273. The molecule has 0 aliphatic carbocycles. The molecule has 0 saturated heterocycles. The summed E-state index contributed by atoms with van der Waals surface area (Å²) in [6.07, 6.45) is 0. The summed E-state index contributed by atoms with van der Waals surface area (Å²) in [6, 6.07) is 11.2. The van der Waals surface area contributed by atoms with E-state index < -0.39 is 33.1 Å². The molecule has 3 rings (SSSR count). The molecule has 0 saturated carbocycles. The molecule has 0 aliphatic rings. The maximum Gasteiger partial charge on any atom is 0.321 e. The number of ether oxygens (including phenoxy) is 1. The van der Waals surface area contributed by atoms with Gasteiger partial charge in [-0.15, -0.1) is 11.3 Å². The highest BCUT2D eigenvalue weighted by atomic mass is 32.2. The number of aromatic nitrogens is 1. The normalized spacial score (nSPS) is 11.2. The summed E-state index contributed by atoms with van der Waals surface area (Å²) in [5, 5.41) is 16.3. The van der Waals surface area contributed by atoms with E-state index in [9.17, 15) is 23.3 Å². The lowest BCUT2D eigenvalue weighted by molar-refractivity contribution is -0.384. The van der Waals surface area contributed by atoms with Gasteiger partial charge in [-0.05, 0) is 19.1 Å². The third-order valence-corrected chi connectivity index (χ3v) is 6.72. The SMILES string of the molecule is CNc1ccc(S(=O)(=O)NCC(=O)OCc2csc(-c3ccc(C)cc3)n2)cc1[N+](=O)[O-]. The Morgan fingerprint density at radius 2 is 1.94 bits per heavy atom. The molecule has 2 N–H and O–H groups in total. The van der Waals surface area contributed by atoms with Gasteiger partial charge in [0.25, 0.3) is 5.69 Å². The number of carbonyl (C=O) groups excluding carboxylic acids is 1. The average Bonchev–Trinajstić information content (AvgIpc) is 3.25. The van der Waals surface area contributed by atoms with Crippen LogP contribution in [-0.2, 0) is 26.2 Å². The number of nitrogens with one attached hydrogen (secondary N) is 2. The molecule has 0 fully saturated rings. The average molecular weight is 477 g/mol. The molecule has 0 radical (unpaired) electrons. The summed E-state index contributed by atoms with van der Waals surface area (Å²) in [4.78, 5) is 26.5. The maximum atomic E-state index is 12.4. The molecule has 32 heavy (non-hydrogen) atoms. The van der Waals surface area contributed by atoms with E-state index >= 15 is 0 Å². The van der Waals surface area contributed by atoms with Gasteiger partial charge in [0.05, 0.1) is 15.5 Å². The number of anilines is 1. The van der Waals surface area contributed by atoms with Crippen molar-refractivity contribution in [2.75, 3.05) is 18.9 Å². The number of esters is 1. The Morgan fingerprint density at radius 1 is 1.22 bits per heavy atom. The van der Waals surface area contributed by atoms with E-state index in [0.717, 1.165) is 22.2 Å². The van der Waals surface area contributed by atoms with Crippen molar-refractivity contribution in [3.8, 4) is 10.6 Å². The first-order valence-corrected chi connectivity index (χ1v) is 11.7. The number of nitro benzene ring substituents is 1. The maximum absolute atomic E-state index is 12.4. The van der Waals surface area contributed by atoms with Gasteiger partial charge in [-0.3, -0.25) is 14.9 Å². The molecule has 2 aromatic carbocycles. The van der Waals surface area contributed by atoms with Gasteiger partial charge in [-0.25, -0.2) is 13.4 Å². The highest BCUT2D eigenvalue weighted by Crippen LogP contribution is 2.27. The molecule has 10 nitrogen and oxygen atoms in total. The Labute approximate surface area is 188 Å². The van der Waals surface area contributed by atoms with Gasteiger partial charge in [0.2, 0.25) is 10.0 Å². The summed E-state index contributed by atoms with van der Waals surface area (Å²) >= 11 is 1.41. The zero-order valence-corrected chi connectivity index (χ0v) is 18.8. The zero-order chi connectivity index (χ0) is 23.3. The monoisotopic (exact) mass is 476 g/mol. The van der Waals surface area contributed by atoms with E-state index in [1.807, 2.05) is 31.2 Å². The molecule has 0 spiro atoms. The number of hydrogen-bond acceptors (Lipinski definition) is 9. The van der Waals surface area contributed by atoms with E-state index in [4.69, 9.17) is 4.74 Å². The number of rotatable bonds is 9. The number of hydrogen-bond donors (Lipinski definition) is 2. The lowest BCUT2D eigenvalue weighted by Gasteiger charge is -2.08. The molecule has 3 aromatic rings. The lowest BCUT2D eigenvalue weighted by Crippen LogP contribution is -2.30. The topological polar surface area (TPSA) is 141 Å². The van der Waals surface area contributed by atoms with Crippen molar-refractivity contribution in [3.63, 3.8) is 0 Å². The summed E-state index contributed by atoms with van der Waals surface area (Å²) in [5.74, 6) is -0.806. The Bertz CT molecular complexity index is 1240. The molecular weight excluding hydrogens is 456 g/mol. The number of sulfonamides is 1. The first-order valence-electron chi connectivity index (χ1n) is 9.32. The van der Waals surface area contributed by atoms with Crippen molar-refractivity contribution in [1.29, 1.82) is 0 Å². The second kappa shape index (κ2) is 9.85. The van der Waals surface area contributed by atoms with Gasteiger partial charge in [0.1, 0.15) is 23.8 Å². The minimum atomic E-state index is -4.15. The number of aryl methyl sites for hydroxylation is 1. The zero-order valence-electron chi connectivity index (χ0n) is 17.2. The predicted octanol–water partition coefficient (Wildman–Crippen LogP) is 3.09. The lowest BCUT2D eigenvalue weighted by atomic mass is 10.2. The Hall–Kier alpha value is -3.35. The predicted molar refractivity (Wildman–Crippen MR) is 120 cm³/mol. The van der Waals surface area contributed by atoms with Crippen LogP contribution in [0.4, 0.5) is 11.4 Å². The third-order valence-electron chi connectivity index (χ3n) is 4.38. The molecule has 1 aromatic heterocycles. The van der Waals surface area contributed by atoms with E-state index in [1.165, 1.54) is 30.5 Å². The summed E-state index contributed by atoms with van der Waals surface area (Å²) in [7, 11) is -2.67. The summed E-state index contributed by atoms with van der Waals surface area (Å²) < 4.78 is 32.0. The molecule has 0 atom stereocenters. The van der Waals surface area contributed by atoms with Crippen LogP contribution in [-0.4, -0.2) is 37.9 Å². The second-order valence-electron chi connectivity index (χ2n) is 6.68. The highest BCUT2D eigenvalue weighted by Gasteiger charge is 2.22. The minimum absolute atomic E-state index is 0.106. The minimum Gasteiger partial charge on any atom is -0.458 e. The van der Waals surface area contributed by atoms with Crippen LogP contribution in [0, 0.1) is 17.0 Å². The summed E-state index contributed by atoms with van der Waals surface area (Å²) in [5.41, 5.74) is 2.39. The van der Waals surface area contributed by atoms with Crippen molar-refractivity contribution >= 4 is 38.7 Å². The molecule has 1 heterocycles. The number of benzene rings is 2. The van der Waals surface area contributed by atoms with Gasteiger partial charge < -0.3 is 10.1 Å². The van der Waals surface area contributed by atoms with Gasteiger partial charge >= 0.3 is 5.97 Å². The molecular formula is C20H20N4O6S2. The van der Waals surface area contributed by atoms with Crippen molar-refractivity contribution in [3.05, 3.63) is 69.2 Å². The van der Waals surface area contributed by atoms with Crippen LogP contribution in [0.15, 0.2) is 52.7 Å². The molecule has 0 unspecified atom stereocenters. The van der Waals surface area contributed by atoms with Crippen molar-refractivity contribution in [2.45, 2.75) is 18.4 Å². The van der Waals surface area contributed by atoms with Crippen LogP contribution in [0.25, 0.3) is 10.6 Å². The fraction of sp³-hybridized carbons (Fsp3) is 0.200. The smallest absolute Gasteiger partial charge is 0.321 e. The molecule has 168 valence electrons. The van der Waals surface area contributed by atoms with Crippen molar-refractivity contribution in [2.24, 2.45) is 0 Å². The Kier molecular flexibility index (Phi) is 7.18. The standard InChI is InChI=1S/C20H20N4O6S2/c1-13-3-5-14(6-4-13)20-23-15(12-31-20)11-30-19(25)10-22-32(28,29)16-7-8-17(21-2)18(9-16)24(26)27/h3-9,12,21-22H,10-11H2,1-2H3. The fourth-order valence-electron chi connectivity index (χ4n) is 2.69. The first kappa shape index (κ1) is 23.3. The Balaban J connectivity index is 1.57. The van der Waals surface area contributed by atoms with E-state index in [1.54, 1.807) is 5.38 Å². The number of carbonyl (C=O) groups is 1. The second-order valence-corrected chi connectivity index (χ2v) is 9.31. The van der Waals surface area contributed by atoms with Crippen LogP contribution >= 0.6 is 11.3 Å². The fourth-order valence-corrected chi connectivity index (χ4v) is 4.48. The largest absolute Gasteiger partial charge is 0.458 e. The van der Waals surface area contributed by atoms with Gasteiger partial charge in [0, 0.05) is 24.1 Å². The van der Waals surface area contributed by atoms with E-state index in [0.29, 0.717) is 5.69 Å². The van der Waals surface area contributed by atoms with Gasteiger partial charge in [-0.1, -0.05) is 29.8 Å². The van der Waals surface area contributed by atoms with Crippen LogP contribution in [0.2, 0.25) is 0 Å². The van der Waals surface area contributed by atoms with E-state index in [2.05, 4.69) is 15.0 Å². The first-order chi connectivity index (χ1) is 15.2. The van der Waals surface area contributed by atoms with Crippen molar-refractivity contribution in [1.82, 2.24) is 9.71 Å². The highest BCUT2D eigenvalue weighted by molar-refractivity contribution is 7.89. The molecule has 12 heteroatoms. The van der Waals surface area contributed by atoms with Crippen LogP contribution < -0.4 is 10.0 Å².